The summed E-state index contributed by atoms with van der Waals surface area (Å²) in [4.78, 5) is 47.6. The van der Waals surface area contributed by atoms with E-state index in [4.69, 9.17) is 14.1 Å². The molecule has 2 aromatic carbocycles. The van der Waals surface area contributed by atoms with Gasteiger partial charge in [-0.15, -0.1) is 0 Å². The van der Waals surface area contributed by atoms with Crippen LogP contribution in [-0.4, -0.2) is 39.4 Å². The van der Waals surface area contributed by atoms with Crippen LogP contribution in [0.3, 0.4) is 0 Å². The number of aliphatic carboxylic acids is 1. The van der Waals surface area contributed by atoms with Gasteiger partial charge in [-0.1, -0.05) is 64.1 Å². The second-order valence-electron chi connectivity index (χ2n) is 11.1. The highest BCUT2D eigenvalue weighted by Crippen LogP contribution is 2.34. The lowest BCUT2D eigenvalue weighted by atomic mass is 9.92. The molecule has 2 aromatic rings. The van der Waals surface area contributed by atoms with Gasteiger partial charge in [0, 0.05) is 44.3 Å². The number of carbonyl (C=O) groups excluding carboxylic acids is 3. The quantitative estimate of drug-likeness (QED) is 0.193. The number of carboxylic acids is 1. The second-order valence-corrected chi connectivity index (χ2v) is 13.7. The van der Waals surface area contributed by atoms with Crippen molar-refractivity contribution >= 4 is 54.1 Å². The fourth-order valence-electron chi connectivity index (χ4n) is 5.96. The summed E-state index contributed by atoms with van der Waals surface area (Å²) >= 11 is 0. The Bertz CT molecular complexity index is 1340. The Kier molecular flexibility index (Phi) is 15.8. The number of ether oxygens (including phenoxy) is 1. The van der Waals surface area contributed by atoms with Crippen LogP contribution in [0.5, 0.6) is 0 Å². The number of hydrogen-bond donors (Lipinski definition) is 1. The number of fused-ring (bicyclic) bond motifs is 2. The first-order chi connectivity index (χ1) is 20.9. The van der Waals surface area contributed by atoms with E-state index in [2.05, 4.69) is 28.3 Å². The van der Waals surface area contributed by atoms with Crippen molar-refractivity contribution in [1.29, 1.82) is 0 Å². The zero-order chi connectivity index (χ0) is 33.0. The Morgan fingerprint density at radius 1 is 0.818 bits per heavy atom. The molecule has 0 bridgehead atoms. The highest BCUT2D eigenvalue weighted by molar-refractivity contribution is 8.26. The van der Waals surface area contributed by atoms with Crippen molar-refractivity contribution in [3.8, 4) is 0 Å². The van der Waals surface area contributed by atoms with Crippen molar-refractivity contribution in [2.75, 3.05) is 6.61 Å². The van der Waals surface area contributed by atoms with E-state index in [1.807, 2.05) is 64.1 Å². The number of hydrogen-bond acceptors (Lipinski definition) is 6. The first kappa shape index (κ1) is 37.6. The van der Waals surface area contributed by atoms with E-state index in [9.17, 15) is 19.2 Å². The fourth-order valence-corrected chi connectivity index (χ4v) is 5.96. The topological polar surface area (TPSA) is 115 Å². The number of benzene rings is 2. The maximum absolute atomic E-state index is 12.3. The van der Waals surface area contributed by atoms with E-state index in [1.165, 1.54) is 0 Å². The Hall–Kier alpha value is -2.55. The van der Waals surface area contributed by atoms with Gasteiger partial charge >= 0.3 is 11.9 Å². The molecule has 0 radical (unpaired) electrons. The lowest BCUT2D eigenvalue weighted by Crippen LogP contribution is -2.20. The molecule has 2 aliphatic carbocycles. The van der Waals surface area contributed by atoms with Gasteiger partial charge in [0.1, 0.15) is 0 Å². The van der Waals surface area contributed by atoms with Crippen molar-refractivity contribution in [2.24, 2.45) is 23.7 Å². The van der Waals surface area contributed by atoms with E-state index in [-0.39, 0.29) is 41.2 Å². The molecule has 0 aromatic heterocycles. The summed E-state index contributed by atoms with van der Waals surface area (Å²) in [7, 11) is 7.36. The summed E-state index contributed by atoms with van der Waals surface area (Å²) in [5.74, 6) is -0.675. The summed E-state index contributed by atoms with van der Waals surface area (Å²) in [6, 6.07) is 11.6. The van der Waals surface area contributed by atoms with Gasteiger partial charge in [-0.05, 0) is 80.5 Å². The molecular weight excluding hydrogens is 623 g/mol. The zero-order valence-corrected chi connectivity index (χ0v) is 28.5. The summed E-state index contributed by atoms with van der Waals surface area (Å²) in [5.41, 5.74) is 6.08. The van der Waals surface area contributed by atoms with E-state index in [0.717, 1.165) is 65.5 Å². The van der Waals surface area contributed by atoms with Gasteiger partial charge in [0.2, 0.25) is 9.23 Å². The third-order valence-corrected chi connectivity index (χ3v) is 8.59. The Morgan fingerprint density at radius 2 is 1.23 bits per heavy atom. The largest absolute Gasteiger partial charge is 0.481 e. The maximum Gasteiger partial charge on any atom is 0.309 e. The number of halogens is 2. The first-order valence-corrected chi connectivity index (χ1v) is 18.2. The van der Waals surface area contributed by atoms with Crippen LogP contribution >= 0.6 is 21.4 Å². The van der Waals surface area contributed by atoms with Gasteiger partial charge in [-0.2, -0.15) is 0 Å². The highest BCUT2D eigenvalue weighted by Gasteiger charge is 2.32. The molecule has 0 heterocycles. The SMILES string of the molecule is CCC(Cc1cccc2c1CC(CC)C2=O)C(=O)O.CCOC(=O)C(CC)Cc1cccc2c1CC(CC)C2=O.O=S(Cl)Cl. The Labute approximate surface area is 272 Å². The predicted molar refractivity (Wildman–Crippen MR) is 176 cm³/mol. The molecule has 242 valence electrons. The van der Waals surface area contributed by atoms with Gasteiger partial charge in [-0.25, -0.2) is 4.21 Å². The van der Waals surface area contributed by atoms with E-state index in [1.54, 1.807) is 0 Å². The lowest BCUT2D eigenvalue weighted by molar-refractivity contribution is -0.148. The molecule has 0 spiro atoms. The molecule has 44 heavy (non-hydrogen) atoms. The van der Waals surface area contributed by atoms with Crippen LogP contribution < -0.4 is 0 Å². The average molecular weight is 668 g/mol. The standard InChI is InChI=1S/C18H24O3.C16H20O3.Cl2OS/c1-4-12-11-16-14(8-7-9-15(16)17(12)19)10-13(5-2)18(20)21-6-3;1-3-10-9-14-12(8-11(4-2)16(18)19)6-5-7-13(14)15(10)17;1-4(2)3/h7-9,12-13H,4-6,10-11H2,1-3H3;5-7,10-11H,3-4,8-9H2,1-2H3,(H,18,19);. The van der Waals surface area contributed by atoms with Crippen molar-refractivity contribution in [1.82, 2.24) is 0 Å². The van der Waals surface area contributed by atoms with Gasteiger partial charge in [0.05, 0.1) is 18.4 Å². The molecule has 7 nitrogen and oxygen atoms in total. The van der Waals surface area contributed by atoms with Crippen LogP contribution in [0.4, 0.5) is 0 Å². The number of Topliss-reactive ketones (excluding diaryl/α,β-unsaturated/α-hetero) is 2. The van der Waals surface area contributed by atoms with Gasteiger partial charge in [0.15, 0.2) is 11.6 Å². The molecule has 0 fully saturated rings. The highest BCUT2D eigenvalue weighted by atomic mass is 36.0. The summed E-state index contributed by atoms with van der Waals surface area (Å²) in [6.07, 6.45) is 5.89. The van der Waals surface area contributed by atoms with Crippen molar-refractivity contribution in [2.45, 2.75) is 86.0 Å². The monoisotopic (exact) mass is 666 g/mol. The summed E-state index contributed by atoms with van der Waals surface area (Å²) < 4.78 is 14.2. The normalized spacial score (nSPS) is 17.9. The van der Waals surface area contributed by atoms with Crippen LogP contribution in [0.15, 0.2) is 36.4 Å². The number of carboxylic acid groups (broad SMARTS) is 1. The number of esters is 1. The van der Waals surface area contributed by atoms with Crippen LogP contribution in [0, 0.1) is 23.7 Å². The van der Waals surface area contributed by atoms with E-state index >= 15 is 0 Å². The molecule has 2 aliphatic rings. The average Bonchev–Trinajstić information content (AvgIpc) is 3.51. The Morgan fingerprint density at radius 3 is 1.57 bits per heavy atom. The lowest BCUT2D eigenvalue weighted by Gasteiger charge is -2.15. The maximum atomic E-state index is 12.3. The predicted octanol–water partition coefficient (Wildman–Crippen LogP) is 7.73. The minimum absolute atomic E-state index is 0.0843. The number of carbonyl (C=O) groups is 4. The van der Waals surface area contributed by atoms with Crippen LogP contribution in [0.2, 0.25) is 0 Å². The molecule has 1 N–H and O–H groups in total. The van der Waals surface area contributed by atoms with E-state index in [0.29, 0.717) is 25.9 Å². The molecule has 4 unspecified atom stereocenters. The molecule has 10 heteroatoms. The fraction of sp³-hybridized carbons (Fsp3) is 0.529. The first-order valence-electron chi connectivity index (χ1n) is 15.4. The van der Waals surface area contributed by atoms with Crippen LogP contribution in [0.25, 0.3) is 0 Å². The van der Waals surface area contributed by atoms with Gasteiger partial charge < -0.3 is 9.84 Å². The third-order valence-electron chi connectivity index (χ3n) is 8.59. The molecule has 0 aliphatic heterocycles. The summed E-state index contributed by atoms with van der Waals surface area (Å²) in [6.45, 7) is 10.2. The van der Waals surface area contributed by atoms with Crippen molar-refractivity contribution in [3.63, 3.8) is 0 Å². The molecule has 0 amide bonds. The molecule has 4 rings (SSSR count). The third kappa shape index (κ3) is 9.98. The van der Waals surface area contributed by atoms with Crippen molar-refractivity contribution in [3.05, 3.63) is 69.8 Å². The molecule has 4 atom stereocenters. The smallest absolute Gasteiger partial charge is 0.309 e. The van der Waals surface area contributed by atoms with Gasteiger partial charge in [0.25, 0.3) is 0 Å². The second kappa shape index (κ2) is 18.4. The van der Waals surface area contributed by atoms with E-state index < -0.39 is 15.2 Å². The molecule has 0 saturated heterocycles. The van der Waals surface area contributed by atoms with Crippen LogP contribution in [-0.2, 0) is 49.2 Å². The van der Waals surface area contributed by atoms with Crippen molar-refractivity contribution < 1.29 is 33.2 Å². The number of ketones is 2. The van der Waals surface area contributed by atoms with Crippen LogP contribution in [0.1, 0.15) is 103 Å². The molecular formula is C34H44Cl2O7S. The minimum Gasteiger partial charge on any atom is -0.481 e. The minimum atomic E-state index is -1.67. The number of rotatable bonds is 11. The summed E-state index contributed by atoms with van der Waals surface area (Å²) in [5, 5.41) is 9.17. The Balaban J connectivity index is 0.000000275. The zero-order valence-electron chi connectivity index (χ0n) is 26.2. The molecule has 0 saturated carbocycles. The van der Waals surface area contributed by atoms with Gasteiger partial charge in [-0.3, -0.25) is 19.2 Å².